The second kappa shape index (κ2) is 34.4. The van der Waals surface area contributed by atoms with Crippen molar-refractivity contribution in [2.45, 2.75) is 20.8 Å². The lowest BCUT2D eigenvalue weighted by Crippen LogP contribution is -1.98. The number of aryl methyl sites for hydroxylation is 3. The number of hydrogen-bond acceptors (Lipinski definition) is 6. The molecule has 0 saturated heterocycles. The zero-order valence-corrected chi connectivity index (χ0v) is 75.9. The molecule has 7 heterocycles. The molecular formula is C127H87N9O2. The van der Waals surface area contributed by atoms with Gasteiger partial charge in [0.1, 0.15) is 22.7 Å². The van der Waals surface area contributed by atoms with Crippen LogP contribution in [0, 0.1) is 20.8 Å². The summed E-state index contributed by atoms with van der Waals surface area (Å²) in [5, 5.41) is 7.28. The van der Waals surface area contributed by atoms with E-state index in [1.165, 1.54) is 88.2 Å². The molecule has 0 aliphatic heterocycles. The summed E-state index contributed by atoms with van der Waals surface area (Å²) in [5.41, 5.74) is 39.4. The molecule has 0 aliphatic carbocycles. The first-order valence-corrected chi connectivity index (χ1v) is 46.8. The van der Waals surface area contributed by atoms with Crippen molar-refractivity contribution in [1.82, 2.24) is 42.8 Å². The molecule has 11 heteroatoms. The summed E-state index contributed by atoms with van der Waals surface area (Å²) >= 11 is 0. The summed E-state index contributed by atoms with van der Waals surface area (Å²) in [6, 6.07) is 167. The monoisotopic (exact) mass is 1770 g/mol. The molecule has 652 valence electrons. The first-order chi connectivity index (χ1) is 68.1. The first kappa shape index (κ1) is 81.7. The molecule has 0 spiro atoms. The Morgan fingerprint density at radius 1 is 0.167 bits per heavy atom. The van der Waals surface area contributed by atoms with Gasteiger partial charge in [-0.05, 0) is 271 Å². The number of rotatable bonds is 14. The minimum Gasteiger partial charge on any atom is -0.436 e. The van der Waals surface area contributed by atoms with Gasteiger partial charge >= 0.3 is 0 Å². The van der Waals surface area contributed by atoms with E-state index >= 15 is 0 Å². The molecule has 0 amide bonds. The molecule has 27 aromatic rings. The second-order valence-electron chi connectivity index (χ2n) is 35.4. The van der Waals surface area contributed by atoms with Crippen molar-refractivity contribution in [3.05, 3.63) is 490 Å². The average molecular weight is 1770 g/mol. The van der Waals surface area contributed by atoms with Gasteiger partial charge in [-0.25, -0.2) is 19.9 Å². The summed E-state index contributed by atoms with van der Waals surface area (Å²) in [4.78, 5) is 20.0. The summed E-state index contributed by atoms with van der Waals surface area (Å²) in [6.45, 7) is 6.39. The number of oxazole rings is 2. The maximum absolute atomic E-state index is 6.25. The van der Waals surface area contributed by atoms with Crippen LogP contribution in [-0.2, 0) is 0 Å². The third kappa shape index (κ3) is 14.7. The van der Waals surface area contributed by atoms with Crippen LogP contribution in [0.1, 0.15) is 16.7 Å². The van der Waals surface area contributed by atoms with Crippen molar-refractivity contribution >= 4 is 110 Å². The van der Waals surface area contributed by atoms with Crippen molar-refractivity contribution < 1.29 is 8.83 Å². The lowest BCUT2D eigenvalue weighted by atomic mass is 9.96. The van der Waals surface area contributed by atoms with Crippen LogP contribution in [0.3, 0.4) is 0 Å². The van der Waals surface area contributed by atoms with E-state index in [-0.39, 0.29) is 0 Å². The van der Waals surface area contributed by atoms with Gasteiger partial charge in [-0.2, -0.15) is 0 Å². The van der Waals surface area contributed by atoms with Crippen molar-refractivity contribution in [3.63, 3.8) is 0 Å². The summed E-state index contributed by atoms with van der Waals surface area (Å²) in [6.07, 6.45) is 0. The normalized spacial score (nSPS) is 11.6. The largest absolute Gasteiger partial charge is 0.436 e. The molecule has 0 N–H and O–H groups in total. The van der Waals surface area contributed by atoms with Gasteiger partial charge in [0.15, 0.2) is 11.2 Å². The third-order valence-corrected chi connectivity index (χ3v) is 26.8. The summed E-state index contributed by atoms with van der Waals surface area (Å²) in [5.74, 6) is 3.10. The predicted molar refractivity (Wildman–Crippen MR) is 570 cm³/mol. The molecule has 0 radical (unpaired) electrons. The van der Waals surface area contributed by atoms with Crippen molar-refractivity contribution in [1.29, 1.82) is 0 Å². The predicted octanol–water partition coefficient (Wildman–Crippen LogP) is 33.2. The van der Waals surface area contributed by atoms with Gasteiger partial charge in [0.2, 0.25) is 11.8 Å². The fourth-order valence-corrected chi connectivity index (χ4v) is 20.1. The molecule has 7 aromatic heterocycles. The molecule has 0 saturated carbocycles. The maximum Gasteiger partial charge on any atom is 0.227 e. The van der Waals surface area contributed by atoms with E-state index in [4.69, 9.17) is 28.8 Å². The molecule has 0 unspecified atom stereocenters. The zero-order valence-electron chi connectivity index (χ0n) is 75.9. The number of nitrogens with zero attached hydrogens (tertiary/aromatic N) is 9. The molecule has 138 heavy (non-hydrogen) atoms. The van der Waals surface area contributed by atoms with Crippen LogP contribution in [-0.4, -0.2) is 42.8 Å². The average Bonchev–Trinajstić information content (AvgIpc) is 1.59. The van der Waals surface area contributed by atoms with Crippen LogP contribution in [0.4, 0.5) is 0 Å². The number of para-hydroxylation sites is 11. The third-order valence-electron chi connectivity index (χ3n) is 26.8. The Balaban J connectivity index is 0.000000110. The maximum atomic E-state index is 6.25. The lowest BCUT2D eigenvalue weighted by molar-refractivity contribution is 0.619. The number of hydrogen-bond donors (Lipinski definition) is 0. The topological polar surface area (TPSA) is 102 Å². The van der Waals surface area contributed by atoms with Crippen molar-refractivity contribution in [2.75, 3.05) is 0 Å². The van der Waals surface area contributed by atoms with E-state index in [0.29, 0.717) is 11.8 Å². The molecule has 0 atom stereocenters. The van der Waals surface area contributed by atoms with E-state index in [9.17, 15) is 0 Å². The molecular weight excluding hydrogens is 1680 g/mol. The Labute approximate surface area is 796 Å². The quantitative estimate of drug-likeness (QED) is 0.107. The van der Waals surface area contributed by atoms with Crippen LogP contribution in [0.5, 0.6) is 0 Å². The number of aromatic nitrogens is 9. The highest BCUT2D eigenvalue weighted by Gasteiger charge is 2.25. The van der Waals surface area contributed by atoms with Crippen molar-refractivity contribution in [2.24, 2.45) is 0 Å². The Morgan fingerprint density at radius 2 is 0.457 bits per heavy atom. The Morgan fingerprint density at radius 3 is 0.899 bits per heavy atom. The smallest absolute Gasteiger partial charge is 0.227 e. The van der Waals surface area contributed by atoms with E-state index in [2.05, 4.69) is 456 Å². The van der Waals surface area contributed by atoms with Crippen molar-refractivity contribution in [3.8, 4) is 130 Å². The van der Waals surface area contributed by atoms with Gasteiger partial charge in [0.25, 0.3) is 0 Å². The highest BCUT2D eigenvalue weighted by Crippen LogP contribution is 2.46. The highest BCUT2D eigenvalue weighted by molar-refractivity contribution is 6.15. The minimum atomic E-state index is 0.613. The Hall–Kier alpha value is -18.3. The molecule has 27 rings (SSSR count). The van der Waals surface area contributed by atoms with Crippen LogP contribution in [0.15, 0.2) is 482 Å². The Bertz CT molecular complexity index is 9120. The highest BCUT2D eigenvalue weighted by atomic mass is 16.4. The van der Waals surface area contributed by atoms with Crippen LogP contribution in [0.2, 0.25) is 0 Å². The standard InChI is InChI=1S/C45H29N3O2.C44H31N3.C38H27N3/c1-28-18-22-31(23-19-28)48-40-24-20-29(32-10-2-4-12-34(32)44-46-38-14-6-8-16-42(38)49-44)26-36(40)37-27-30(21-25-41(37)48)33-11-3-5-13-35(33)45-47-39-15-7-9-17-43(39)50-45;1-30-19-23-37(24-20-30)46-41-25-21-33(31-11-4-2-5-12-31)28-38(41)39-29-34(22-26-42(39)46)32-13-10-14-35(27-32)44-45-40-17-8-9-18-43(40)47(44)36-15-6-3-7-16-36;1-26-19-22-29(23-20-26)40-35-17-9-7-14-31(35)33-25-27(21-24-36(33)40)30-13-5-6-15-32(30)38-39-34-16-8-10-18-37(34)41(38)28-11-3-2-4-12-28/h2-27H,1H3;2-29H,1H3;2-25H,1H3. The van der Waals surface area contributed by atoms with Crippen LogP contribution >= 0.6 is 0 Å². The molecule has 20 aromatic carbocycles. The fourth-order valence-electron chi connectivity index (χ4n) is 20.1. The van der Waals surface area contributed by atoms with Gasteiger partial charge in [-0.15, -0.1) is 0 Å². The van der Waals surface area contributed by atoms with Gasteiger partial charge < -0.3 is 22.5 Å². The number of fused-ring (bicyclic) bond motifs is 13. The zero-order chi connectivity index (χ0) is 91.8. The molecule has 0 fully saturated rings. The summed E-state index contributed by atoms with van der Waals surface area (Å²) < 4.78 is 24.2. The number of benzene rings is 20. The van der Waals surface area contributed by atoms with Gasteiger partial charge in [-0.3, -0.25) is 9.13 Å². The fraction of sp³-hybridized carbons (Fsp3) is 0.0236. The molecule has 0 bridgehead atoms. The van der Waals surface area contributed by atoms with Gasteiger partial charge in [0, 0.05) is 83.0 Å². The van der Waals surface area contributed by atoms with Gasteiger partial charge in [-0.1, -0.05) is 296 Å². The SMILES string of the molecule is Cc1ccc(-n2c3ccc(-c4ccccc4)cc3c3cc(-c4cccc(-c5nc6ccccc6n5-c5ccccc5)c4)ccc32)cc1.Cc1ccc(-n2c3ccc(-c4ccccc4-c4nc5ccccc5o4)cc3c3cc(-c4ccccc4-c4nc5ccccc5o4)ccc32)cc1.Cc1ccc(-n2c3ccccc3c3cc(-c4ccccc4-c4nc5ccccc5n4-c4ccccc4)ccc32)cc1. The second-order valence-corrected chi connectivity index (χ2v) is 35.4. The Kier molecular flexibility index (Phi) is 20.3. The minimum absolute atomic E-state index is 0.613. The number of imidazole rings is 2. The van der Waals surface area contributed by atoms with E-state index in [1.54, 1.807) is 0 Å². The molecule has 11 nitrogen and oxygen atoms in total. The van der Waals surface area contributed by atoms with Gasteiger partial charge in [0.05, 0.1) is 55.2 Å². The lowest BCUT2D eigenvalue weighted by Gasteiger charge is -2.14. The van der Waals surface area contributed by atoms with E-state index < -0.39 is 0 Å². The van der Waals surface area contributed by atoms with Crippen LogP contribution in [0.25, 0.3) is 239 Å². The molecule has 0 aliphatic rings. The van der Waals surface area contributed by atoms with Crippen LogP contribution < -0.4 is 0 Å². The summed E-state index contributed by atoms with van der Waals surface area (Å²) in [7, 11) is 0. The van der Waals surface area contributed by atoms with E-state index in [0.717, 1.165) is 156 Å². The first-order valence-electron chi connectivity index (χ1n) is 46.8. The van der Waals surface area contributed by atoms with E-state index in [1.807, 2.05) is 60.7 Å².